The van der Waals surface area contributed by atoms with E-state index in [2.05, 4.69) is 0 Å². The Morgan fingerprint density at radius 3 is 2.32 bits per heavy atom. The van der Waals surface area contributed by atoms with Crippen LogP contribution >= 0.6 is 11.3 Å². The van der Waals surface area contributed by atoms with Gasteiger partial charge in [0.2, 0.25) is 0 Å². The van der Waals surface area contributed by atoms with Gasteiger partial charge in [0.25, 0.3) is 11.8 Å². The molecule has 0 bridgehead atoms. The van der Waals surface area contributed by atoms with Crippen molar-refractivity contribution in [2.24, 2.45) is 0 Å². The van der Waals surface area contributed by atoms with E-state index in [1.54, 1.807) is 46.4 Å². The fourth-order valence-corrected chi connectivity index (χ4v) is 3.39. The number of benzene rings is 1. The first-order valence-corrected chi connectivity index (χ1v) is 8.41. The number of hydrogen-bond donors (Lipinski definition) is 0. The molecule has 0 atom stereocenters. The van der Waals surface area contributed by atoms with Crippen LogP contribution in [0.25, 0.3) is 0 Å². The van der Waals surface area contributed by atoms with Crippen molar-refractivity contribution in [1.82, 2.24) is 9.63 Å². The number of hydroxylamine groups is 2. The van der Waals surface area contributed by atoms with Crippen LogP contribution in [0.1, 0.15) is 36.1 Å². The zero-order valence-electron chi connectivity index (χ0n) is 12.9. The highest BCUT2D eigenvalue weighted by Gasteiger charge is 2.39. The predicted octanol–water partition coefficient (Wildman–Crippen LogP) is 2.97. The maximum Gasteiger partial charge on any atom is 0.380 e. The Hall–Kier alpha value is -3.19. The lowest BCUT2D eigenvalue weighted by atomic mass is 10.1. The minimum Gasteiger partial charge on any atom is -0.337 e. The maximum absolute atomic E-state index is 12.5. The van der Waals surface area contributed by atoms with Gasteiger partial charge in [-0.1, -0.05) is 23.3 Å². The molecule has 0 aliphatic carbocycles. The number of rotatable bonds is 4. The molecule has 1 aromatic carbocycles. The topological polar surface area (TPSA) is 68.6 Å². The van der Waals surface area contributed by atoms with E-state index >= 15 is 0 Å². The molecule has 0 fully saturated rings. The molecule has 2 amide bonds. The number of carbonyl (C=O) groups excluding carboxylic acids is 3. The van der Waals surface area contributed by atoms with E-state index in [0.717, 1.165) is 4.88 Å². The summed E-state index contributed by atoms with van der Waals surface area (Å²) >= 11 is 1.58. The van der Waals surface area contributed by atoms with Crippen molar-refractivity contribution in [2.45, 2.75) is 6.54 Å². The van der Waals surface area contributed by atoms with Crippen molar-refractivity contribution in [3.05, 3.63) is 81.8 Å². The summed E-state index contributed by atoms with van der Waals surface area (Å²) in [5.74, 6) is -2.02. The minimum absolute atomic E-state index is 0.231. The molecule has 0 radical (unpaired) electrons. The van der Waals surface area contributed by atoms with Gasteiger partial charge in [0.15, 0.2) is 0 Å². The number of imide groups is 1. The van der Waals surface area contributed by atoms with E-state index in [0.29, 0.717) is 11.6 Å². The van der Waals surface area contributed by atoms with Crippen molar-refractivity contribution in [2.75, 3.05) is 0 Å². The Bertz CT molecular complexity index is 940. The average molecular weight is 352 g/mol. The Morgan fingerprint density at radius 2 is 1.68 bits per heavy atom. The third-order valence-electron chi connectivity index (χ3n) is 3.88. The highest BCUT2D eigenvalue weighted by atomic mass is 32.1. The van der Waals surface area contributed by atoms with Crippen LogP contribution in [0, 0.1) is 0 Å². The number of carbonyl (C=O) groups is 3. The van der Waals surface area contributed by atoms with Crippen molar-refractivity contribution < 1.29 is 19.2 Å². The summed E-state index contributed by atoms with van der Waals surface area (Å²) in [6.45, 7) is 0.511. The zero-order valence-corrected chi connectivity index (χ0v) is 13.7. The second kappa shape index (κ2) is 6.03. The standard InChI is InChI=1S/C18H12N2O4S/c21-16-13-6-1-2-7-14(13)17(22)20(16)24-18(23)15-8-3-9-19(15)11-12-5-4-10-25-12/h1-10H,11H2. The lowest BCUT2D eigenvalue weighted by Gasteiger charge is -2.13. The van der Waals surface area contributed by atoms with Crippen LogP contribution in [-0.4, -0.2) is 27.4 Å². The number of thiophene rings is 1. The summed E-state index contributed by atoms with van der Waals surface area (Å²) in [4.78, 5) is 43.2. The average Bonchev–Trinajstić information content (AvgIpc) is 3.34. The summed E-state index contributed by atoms with van der Waals surface area (Å²) in [7, 11) is 0. The van der Waals surface area contributed by atoms with Crippen LogP contribution in [-0.2, 0) is 11.4 Å². The van der Waals surface area contributed by atoms with Crippen LogP contribution in [0.2, 0.25) is 0 Å². The van der Waals surface area contributed by atoms with E-state index in [1.807, 2.05) is 17.5 Å². The molecule has 0 N–H and O–H groups in total. The molecule has 1 aliphatic rings. The molecule has 0 saturated carbocycles. The third kappa shape index (κ3) is 2.64. The van der Waals surface area contributed by atoms with Crippen LogP contribution in [0.15, 0.2) is 60.1 Å². The molecule has 0 saturated heterocycles. The Balaban J connectivity index is 1.55. The first-order valence-electron chi connectivity index (χ1n) is 7.53. The van der Waals surface area contributed by atoms with Gasteiger partial charge in [-0.2, -0.15) is 0 Å². The van der Waals surface area contributed by atoms with E-state index < -0.39 is 17.8 Å². The summed E-state index contributed by atoms with van der Waals surface area (Å²) in [6, 6.07) is 13.6. The van der Waals surface area contributed by atoms with Gasteiger partial charge in [-0.05, 0) is 35.7 Å². The van der Waals surface area contributed by atoms with Gasteiger partial charge < -0.3 is 9.40 Å². The summed E-state index contributed by atoms with van der Waals surface area (Å²) < 4.78 is 1.71. The lowest BCUT2D eigenvalue weighted by molar-refractivity contribution is -0.0591. The Morgan fingerprint density at radius 1 is 0.960 bits per heavy atom. The highest BCUT2D eigenvalue weighted by Crippen LogP contribution is 2.23. The monoisotopic (exact) mass is 352 g/mol. The molecule has 2 aromatic heterocycles. The second-order valence-electron chi connectivity index (χ2n) is 5.43. The molecule has 4 rings (SSSR count). The normalized spacial score (nSPS) is 13.2. The van der Waals surface area contributed by atoms with E-state index in [1.165, 1.54) is 12.1 Å². The number of amides is 2. The summed E-state index contributed by atoms with van der Waals surface area (Å²) in [6.07, 6.45) is 1.75. The SMILES string of the molecule is O=C(ON1C(=O)c2ccccc2C1=O)c1cccn1Cc1cccs1. The Kier molecular flexibility index (Phi) is 3.70. The van der Waals surface area contributed by atoms with Crippen molar-refractivity contribution >= 4 is 29.1 Å². The van der Waals surface area contributed by atoms with Crippen LogP contribution in [0.3, 0.4) is 0 Å². The van der Waals surface area contributed by atoms with Gasteiger partial charge in [0, 0.05) is 11.1 Å². The lowest BCUT2D eigenvalue weighted by Crippen LogP contribution is -2.33. The molecule has 3 aromatic rings. The molecule has 0 spiro atoms. The number of aromatic nitrogens is 1. The molecular formula is C18H12N2O4S. The number of nitrogens with zero attached hydrogens (tertiary/aromatic N) is 2. The zero-order chi connectivity index (χ0) is 17.4. The first kappa shape index (κ1) is 15.3. The van der Waals surface area contributed by atoms with Gasteiger partial charge in [-0.15, -0.1) is 11.3 Å². The van der Waals surface area contributed by atoms with Gasteiger partial charge in [0.1, 0.15) is 5.69 Å². The van der Waals surface area contributed by atoms with E-state index in [4.69, 9.17) is 4.84 Å². The second-order valence-corrected chi connectivity index (χ2v) is 6.46. The van der Waals surface area contributed by atoms with Gasteiger partial charge in [-0.25, -0.2) is 4.79 Å². The van der Waals surface area contributed by atoms with Gasteiger partial charge >= 0.3 is 5.97 Å². The molecule has 7 heteroatoms. The van der Waals surface area contributed by atoms with Crippen molar-refractivity contribution in [1.29, 1.82) is 0 Å². The highest BCUT2D eigenvalue weighted by molar-refractivity contribution is 7.09. The molecule has 6 nitrogen and oxygen atoms in total. The molecule has 0 unspecified atom stereocenters. The van der Waals surface area contributed by atoms with Crippen molar-refractivity contribution in [3.8, 4) is 0 Å². The molecule has 124 valence electrons. The van der Waals surface area contributed by atoms with Gasteiger partial charge in [0.05, 0.1) is 17.7 Å². The maximum atomic E-state index is 12.5. The molecule has 25 heavy (non-hydrogen) atoms. The van der Waals surface area contributed by atoms with E-state index in [9.17, 15) is 14.4 Å². The predicted molar refractivity (Wildman–Crippen MR) is 90.2 cm³/mol. The molecular weight excluding hydrogens is 340 g/mol. The van der Waals surface area contributed by atoms with Crippen LogP contribution in [0.4, 0.5) is 0 Å². The van der Waals surface area contributed by atoms with E-state index in [-0.39, 0.29) is 16.8 Å². The van der Waals surface area contributed by atoms with Crippen LogP contribution in [0.5, 0.6) is 0 Å². The van der Waals surface area contributed by atoms with Gasteiger partial charge in [-0.3, -0.25) is 9.59 Å². The van der Waals surface area contributed by atoms with Crippen molar-refractivity contribution in [3.63, 3.8) is 0 Å². The number of hydrogen-bond acceptors (Lipinski definition) is 5. The summed E-state index contributed by atoms with van der Waals surface area (Å²) in [5.41, 5.74) is 0.730. The first-order chi connectivity index (χ1) is 12.1. The fraction of sp³-hybridized carbons (Fsp3) is 0.0556. The quantitative estimate of drug-likeness (QED) is 0.677. The Labute approximate surface area is 146 Å². The minimum atomic E-state index is -0.754. The summed E-state index contributed by atoms with van der Waals surface area (Å²) in [5, 5.41) is 2.48. The largest absolute Gasteiger partial charge is 0.380 e. The van der Waals surface area contributed by atoms with Crippen LogP contribution < -0.4 is 0 Å². The smallest absolute Gasteiger partial charge is 0.337 e. The number of fused-ring (bicyclic) bond motifs is 1. The molecule has 1 aliphatic heterocycles. The molecule has 3 heterocycles. The third-order valence-corrected chi connectivity index (χ3v) is 4.74. The fourth-order valence-electron chi connectivity index (χ4n) is 2.69.